The molecule has 0 aliphatic carbocycles. The summed E-state index contributed by atoms with van der Waals surface area (Å²) in [6.45, 7) is 2.68. The molecule has 4 rings (SSSR count). The number of rotatable bonds is 0. The molecule has 2 aliphatic rings. The van der Waals surface area contributed by atoms with Crippen LogP contribution in [0.2, 0.25) is 0 Å². The lowest BCUT2D eigenvalue weighted by atomic mass is 9.88. The highest BCUT2D eigenvalue weighted by atomic mass is 16.7. The van der Waals surface area contributed by atoms with Crippen molar-refractivity contribution in [2.45, 2.75) is 13.0 Å². The third-order valence-corrected chi connectivity index (χ3v) is 4.12. The van der Waals surface area contributed by atoms with Crippen LogP contribution in [0.1, 0.15) is 18.5 Å². The van der Waals surface area contributed by atoms with Crippen molar-refractivity contribution in [2.24, 2.45) is 5.92 Å². The van der Waals surface area contributed by atoms with Crippen LogP contribution in [0.5, 0.6) is 5.75 Å². The zero-order valence-electron chi connectivity index (χ0n) is 11.2. The number of ether oxygens (including phenoxy) is 1. The fourth-order valence-electron chi connectivity index (χ4n) is 3.22. The van der Waals surface area contributed by atoms with Crippen LogP contribution in [0.4, 0.5) is 0 Å². The Balaban J connectivity index is 1.97. The molecule has 0 N–H and O–H groups in total. The van der Waals surface area contributed by atoms with E-state index in [0.29, 0.717) is 13.2 Å². The van der Waals surface area contributed by atoms with E-state index in [2.05, 4.69) is 18.2 Å². The average molecular weight is 269 g/mol. The highest BCUT2D eigenvalue weighted by Gasteiger charge is 2.43. The minimum absolute atomic E-state index is 0.0395. The van der Waals surface area contributed by atoms with Crippen molar-refractivity contribution >= 4 is 16.7 Å². The maximum atomic E-state index is 11.8. The predicted octanol–water partition coefficient (Wildman–Crippen LogP) is 2.68. The van der Waals surface area contributed by atoms with Gasteiger partial charge in [0.2, 0.25) is 5.91 Å². The second-order valence-corrected chi connectivity index (χ2v) is 5.36. The van der Waals surface area contributed by atoms with Gasteiger partial charge < -0.3 is 4.74 Å². The lowest BCUT2D eigenvalue weighted by molar-refractivity contribution is -0.174. The Morgan fingerprint density at radius 3 is 2.90 bits per heavy atom. The van der Waals surface area contributed by atoms with Crippen molar-refractivity contribution in [3.05, 3.63) is 42.0 Å². The van der Waals surface area contributed by atoms with Crippen molar-refractivity contribution < 1.29 is 14.4 Å². The molecule has 0 bridgehead atoms. The average Bonchev–Trinajstić information content (AvgIpc) is 2.91. The summed E-state index contributed by atoms with van der Waals surface area (Å²) in [5, 5.41) is 3.81. The van der Waals surface area contributed by atoms with Crippen LogP contribution >= 0.6 is 0 Å². The maximum absolute atomic E-state index is 11.8. The molecule has 0 radical (unpaired) electrons. The summed E-state index contributed by atoms with van der Waals surface area (Å²) in [5.41, 5.74) is 1.08. The summed E-state index contributed by atoms with van der Waals surface area (Å²) in [6.07, 6.45) is 0. The topological polar surface area (TPSA) is 38.8 Å². The summed E-state index contributed by atoms with van der Waals surface area (Å²) in [5.74, 6) is 1.01. The third-order valence-electron chi connectivity index (χ3n) is 4.12. The minimum atomic E-state index is -0.0571. The van der Waals surface area contributed by atoms with Crippen LogP contribution in [0.25, 0.3) is 10.8 Å². The molecule has 0 unspecified atom stereocenters. The fourth-order valence-corrected chi connectivity index (χ4v) is 3.22. The van der Waals surface area contributed by atoms with E-state index in [0.717, 1.165) is 22.1 Å². The Bertz CT molecular complexity index is 697. The second kappa shape index (κ2) is 4.21. The van der Waals surface area contributed by atoms with Crippen molar-refractivity contribution in [1.82, 2.24) is 5.06 Å². The molecule has 4 nitrogen and oxygen atoms in total. The Morgan fingerprint density at radius 1 is 1.20 bits per heavy atom. The molecule has 102 valence electrons. The SMILES string of the molecule is CC(=O)N1OC[C@@H]2COc3ccc4ccccc4c3[C@@H]21. The van der Waals surface area contributed by atoms with Gasteiger partial charge >= 0.3 is 0 Å². The highest BCUT2D eigenvalue weighted by molar-refractivity contribution is 5.89. The van der Waals surface area contributed by atoms with Crippen molar-refractivity contribution in [3.63, 3.8) is 0 Å². The van der Waals surface area contributed by atoms with E-state index in [1.165, 1.54) is 5.06 Å². The van der Waals surface area contributed by atoms with Crippen molar-refractivity contribution in [3.8, 4) is 5.75 Å². The van der Waals surface area contributed by atoms with Gasteiger partial charge in [0.25, 0.3) is 0 Å². The molecule has 20 heavy (non-hydrogen) atoms. The standard InChI is InChI=1S/C16H15NO3/c1-10(18)17-16-12(9-20-17)8-19-14-7-6-11-4-2-3-5-13(11)15(14)16/h2-7,12,16H,8-9H2,1H3/t12-,16+/m0/s1. The lowest BCUT2D eigenvalue weighted by Crippen LogP contribution is -2.33. The number of hydroxylamine groups is 2. The van der Waals surface area contributed by atoms with Gasteiger partial charge in [-0.1, -0.05) is 30.3 Å². The van der Waals surface area contributed by atoms with E-state index in [9.17, 15) is 4.79 Å². The van der Waals surface area contributed by atoms with Gasteiger partial charge in [-0.15, -0.1) is 0 Å². The number of hydrogen-bond donors (Lipinski definition) is 0. The zero-order valence-corrected chi connectivity index (χ0v) is 11.2. The van der Waals surface area contributed by atoms with Gasteiger partial charge in [0, 0.05) is 18.4 Å². The molecule has 1 saturated heterocycles. The second-order valence-electron chi connectivity index (χ2n) is 5.36. The molecule has 2 heterocycles. The van der Waals surface area contributed by atoms with E-state index in [1.54, 1.807) is 6.92 Å². The van der Waals surface area contributed by atoms with Gasteiger partial charge in [-0.05, 0) is 16.8 Å². The lowest BCUT2D eigenvalue weighted by Gasteiger charge is -2.31. The number of nitrogens with zero attached hydrogens (tertiary/aromatic N) is 1. The van der Waals surface area contributed by atoms with Gasteiger partial charge in [-0.2, -0.15) is 0 Å². The number of benzene rings is 2. The summed E-state index contributed by atoms with van der Waals surface area (Å²) in [6, 6.07) is 12.2. The van der Waals surface area contributed by atoms with E-state index >= 15 is 0 Å². The first-order chi connectivity index (χ1) is 9.75. The van der Waals surface area contributed by atoms with Gasteiger partial charge in [0.1, 0.15) is 5.75 Å². The minimum Gasteiger partial charge on any atom is -0.493 e. The first kappa shape index (κ1) is 11.7. The van der Waals surface area contributed by atoms with Crippen LogP contribution in [-0.4, -0.2) is 24.2 Å². The molecule has 2 aromatic carbocycles. The summed E-state index contributed by atoms with van der Waals surface area (Å²) < 4.78 is 5.86. The Morgan fingerprint density at radius 2 is 2.05 bits per heavy atom. The van der Waals surface area contributed by atoms with Crippen LogP contribution in [-0.2, 0) is 9.63 Å². The van der Waals surface area contributed by atoms with Crippen molar-refractivity contribution in [2.75, 3.05) is 13.2 Å². The fraction of sp³-hybridized carbons (Fsp3) is 0.312. The molecule has 2 aromatic rings. The molecule has 1 amide bonds. The number of carbonyl (C=O) groups excluding carboxylic acids is 1. The van der Waals surface area contributed by atoms with Crippen LogP contribution in [0.15, 0.2) is 36.4 Å². The van der Waals surface area contributed by atoms with E-state index in [-0.39, 0.29) is 17.9 Å². The van der Waals surface area contributed by atoms with E-state index < -0.39 is 0 Å². The van der Waals surface area contributed by atoms with Crippen LogP contribution in [0, 0.1) is 5.92 Å². The van der Waals surface area contributed by atoms with Gasteiger partial charge in [-0.25, -0.2) is 5.06 Å². The van der Waals surface area contributed by atoms with E-state index in [1.807, 2.05) is 18.2 Å². The van der Waals surface area contributed by atoms with Crippen LogP contribution < -0.4 is 4.74 Å². The first-order valence-corrected chi connectivity index (χ1v) is 6.83. The Kier molecular flexibility index (Phi) is 2.47. The molecule has 2 aliphatic heterocycles. The molecule has 1 fully saturated rings. The number of hydrogen-bond acceptors (Lipinski definition) is 3. The molecule has 0 saturated carbocycles. The Labute approximate surface area is 116 Å². The first-order valence-electron chi connectivity index (χ1n) is 6.83. The van der Waals surface area contributed by atoms with E-state index in [4.69, 9.17) is 9.57 Å². The largest absolute Gasteiger partial charge is 0.493 e. The quantitative estimate of drug-likeness (QED) is 0.738. The smallest absolute Gasteiger partial charge is 0.243 e. The van der Waals surface area contributed by atoms with Gasteiger partial charge in [-0.3, -0.25) is 9.63 Å². The number of fused-ring (bicyclic) bond motifs is 5. The number of carbonyl (C=O) groups is 1. The Hall–Kier alpha value is -2.07. The molecule has 0 spiro atoms. The number of amides is 1. The summed E-state index contributed by atoms with van der Waals surface area (Å²) in [7, 11) is 0. The summed E-state index contributed by atoms with van der Waals surface area (Å²) >= 11 is 0. The molecular formula is C16H15NO3. The monoisotopic (exact) mass is 269 g/mol. The molecule has 2 atom stereocenters. The summed E-state index contributed by atoms with van der Waals surface area (Å²) in [4.78, 5) is 17.4. The highest BCUT2D eigenvalue weighted by Crippen LogP contribution is 2.46. The van der Waals surface area contributed by atoms with Crippen LogP contribution in [0.3, 0.4) is 0 Å². The zero-order chi connectivity index (χ0) is 13.7. The third kappa shape index (κ3) is 1.55. The van der Waals surface area contributed by atoms with Crippen molar-refractivity contribution in [1.29, 1.82) is 0 Å². The predicted molar refractivity (Wildman–Crippen MR) is 74.1 cm³/mol. The molecule has 4 heteroatoms. The molecular weight excluding hydrogens is 254 g/mol. The molecule has 0 aromatic heterocycles. The van der Waals surface area contributed by atoms with Gasteiger partial charge in [0.05, 0.1) is 19.3 Å². The maximum Gasteiger partial charge on any atom is 0.243 e. The van der Waals surface area contributed by atoms with Gasteiger partial charge in [0.15, 0.2) is 0 Å². The normalized spacial score (nSPS) is 24.1.